The quantitative estimate of drug-likeness (QED) is 0.738. The molecule has 0 heterocycles. The van der Waals surface area contributed by atoms with Crippen LogP contribution in [0.15, 0.2) is 54.6 Å². The van der Waals surface area contributed by atoms with Gasteiger partial charge in [0.25, 0.3) is 0 Å². The summed E-state index contributed by atoms with van der Waals surface area (Å²) in [6.07, 6.45) is 0.270. The van der Waals surface area contributed by atoms with Gasteiger partial charge in [0, 0.05) is 45.5 Å². The van der Waals surface area contributed by atoms with Gasteiger partial charge in [-0.2, -0.15) is 0 Å². The molecule has 0 saturated carbocycles. The molecule has 0 unspecified atom stereocenters. The first-order chi connectivity index (χ1) is 13.0. The summed E-state index contributed by atoms with van der Waals surface area (Å²) in [7, 11) is 3.93. The topological polar surface area (TPSA) is 61.9 Å². The van der Waals surface area contributed by atoms with E-state index in [-0.39, 0.29) is 18.2 Å². The van der Waals surface area contributed by atoms with Gasteiger partial charge < -0.3 is 19.9 Å². The lowest BCUT2D eigenvalue weighted by molar-refractivity contribution is -0.122. The number of nitrogens with one attached hydrogen (secondary N) is 1. The summed E-state index contributed by atoms with van der Waals surface area (Å²) in [6.45, 7) is 2.65. The van der Waals surface area contributed by atoms with Gasteiger partial charge in [0.1, 0.15) is 5.75 Å². The van der Waals surface area contributed by atoms with Crippen molar-refractivity contribution in [2.45, 2.75) is 13.3 Å². The largest absolute Gasteiger partial charge is 0.493 e. The maximum absolute atomic E-state index is 12.0. The van der Waals surface area contributed by atoms with Crippen LogP contribution in [0.1, 0.15) is 13.3 Å². The SMILES string of the molecule is CC(=O)N(CCNC(=O)CCOc1ccccc1)c1ccc(N(C)C)cc1. The first-order valence-electron chi connectivity index (χ1n) is 8.97. The highest BCUT2D eigenvalue weighted by Gasteiger charge is 2.12. The van der Waals surface area contributed by atoms with Crippen LogP contribution in [0.3, 0.4) is 0 Å². The minimum atomic E-state index is -0.0996. The van der Waals surface area contributed by atoms with E-state index < -0.39 is 0 Å². The summed E-state index contributed by atoms with van der Waals surface area (Å²) >= 11 is 0. The van der Waals surface area contributed by atoms with Crippen molar-refractivity contribution < 1.29 is 14.3 Å². The van der Waals surface area contributed by atoms with Crippen LogP contribution in [0.4, 0.5) is 11.4 Å². The second-order valence-electron chi connectivity index (χ2n) is 6.34. The number of ether oxygens (including phenoxy) is 1. The zero-order valence-corrected chi connectivity index (χ0v) is 16.1. The Labute approximate surface area is 160 Å². The average Bonchev–Trinajstić information content (AvgIpc) is 2.66. The van der Waals surface area contributed by atoms with Crippen LogP contribution in [-0.4, -0.2) is 45.6 Å². The Balaban J connectivity index is 1.76. The van der Waals surface area contributed by atoms with Gasteiger partial charge in [-0.25, -0.2) is 0 Å². The number of nitrogens with zero attached hydrogens (tertiary/aromatic N) is 2. The van der Waals surface area contributed by atoms with Crippen LogP contribution in [0, 0.1) is 0 Å². The first-order valence-corrected chi connectivity index (χ1v) is 8.97. The van der Waals surface area contributed by atoms with Gasteiger partial charge >= 0.3 is 0 Å². The predicted octanol–water partition coefficient (Wildman–Crippen LogP) is 2.69. The van der Waals surface area contributed by atoms with Crippen LogP contribution in [-0.2, 0) is 9.59 Å². The van der Waals surface area contributed by atoms with Crippen LogP contribution >= 0.6 is 0 Å². The highest BCUT2D eigenvalue weighted by molar-refractivity contribution is 5.91. The Morgan fingerprint density at radius 3 is 2.19 bits per heavy atom. The van der Waals surface area contributed by atoms with E-state index in [0.717, 1.165) is 17.1 Å². The van der Waals surface area contributed by atoms with Crippen molar-refractivity contribution >= 4 is 23.2 Å². The molecular weight excluding hydrogens is 342 g/mol. The Bertz CT molecular complexity index is 730. The molecule has 2 aromatic rings. The van der Waals surface area contributed by atoms with Crippen LogP contribution in [0.5, 0.6) is 5.75 Å². The summed E-state index contributed by atoms with van der Waals surface area (Å²) in [4.78, 5) is 27.5. The molecule has 2 aromatic carbocycles. The maximum atomic E-state index is 12.0. The predicted molar refractivity (Wildman–Crippen MR) is 108 cm³/mol. The Kier molecular flexibility index (Phi) is 7.67. The smallest absolute Gasteiger partial charge is 0.223 e. The molecule has 0 aliphatic carbocycles. The number of anilines is 2. The molecule has 0 bridgehead atoms. The Hall–Kier alpha value is -3.02. The van der Waals surface area contributed by atoms with Crippen molar-refractivity contribution in [3.05, 3.63) is 54.6 Å². The summed E-state index contributed by atoms with van der Waals surface area (Å²) in [6, 6.07) is 17.1. The highest BCUT2D eigenvalue weighted by Crippen LogP contribution is 2.19. The number of para-hydroxylation sites is 1. The van der Waals surface area contributed by atoms with Crippen LogP contribution in [0.25, 0.3) is 0 Å². The van der Waals surface area contributed by atoms with Crippen LogP contribution in [0.2, 0.25) is 0 Å². The summed E-state index contributed by atoms with van der Waals surface area (Å²) in [5.74, 6) is 0.584. The van der Waals surface area contributed by atoms with Gasteiger partial charge in [-0.05, 0) is 36.4 Å². The third-order valence-corrected chi connectivity index (χ3v) is 4.06. The molecule has 2 rings (SSSR count). The van der Waals surface area contributed by atoms with Crippen molar-refractivity contribution in [2.24, 2.45) is 0 Å². The fourth-order valence-corrected chi connectivity index (χ4v) is 2.57. The lowest BCUT2D eigenvalue weighted by atomic mass is 10.2. The third kappa shape index (κ3) is 6.66. The third-order valence-electron chi connectivity index (χ3n) is 4.06. The summed E-state index contributed by atoms with van der Waals surface area (Å²) in [5, 5.41) is 2.83. The van der Waals surface area contributed by atoms with Crippen molar-refractivity contribution in [3.8, 4) is 5.75 Å². The number of carbonyl (C=O) groups excluding carboxylic acids is 2. The highest BCUT2D eigenvalue weighted by atomic mass is 16.5. The molecule has 0 aromatic heterocycles. The van der Waals surface area contributed by atoms with E-state index >= 15 is 0 Å². The second-order valence-corrected chi connectivity index (χ2v) is 6.34. The molecule has 0 fully saturated rings. The zero-order valence-electron chi connectivity index (χ0n) is 16.1. The number of benzene rings is 2. The minimum absolute atomic E-state index is 0.0609. The van der Waals surface area contributed by atoms with Gasteiger partial charge in [-0.15, -0.1) is 0 Å². The fourth-order valence-electron chi connectivity index (χ4n) is 2.57. The van der Waals surface area contributed by atoms with Gasteiger partial charge in [0.2, 0.25) is 11.8 Å². The minimum Gasteiger partial charge on any atom is -0.493 e. The molecule has 6 nitrogen and oxygen atoms in total. The lowest BCUT2D eigenvalue weighted by Crippen LogP contribution is -2.37. The van der Waals surface area contributed by atoms with E-state index in [2.05, 4.69) is 5.32 Å². The monoisotopic (exact) mass is 369 g/mol. The molecule has 1 N–H and O–H groups in total. The van der Waals surface area contributed by atoms with Crippen molar-refractivity contribution in [3.63, 3.8) is 0 Å². The normalized spacial score (nSPS) is 10.2. The van der Waals surface area contributed by atoms with Crippen molar-refractivity contribution in [2.75, 3.05) is 43.6 Å². The number of hydrogen-bond donors (Lipinski definition) is 1. The number of amides is 2. The number of hydrogen-bond acceptors (Lipinski definition) is 4. The van der Waals surface area contributed by atoms with E-state index in [9.17, 15) is 9.59 Å². The molecule has 144 valence electrons. The molecule has 0 aliphatic heterocycles. The van der Waals surface area contributed by atoms with Gasteiger partial charge in [0.05, 0.1) is 13.0 Å². The molecule has 0 radical (unpaired) electrons. The zero-order chi connectivity index (χ0) is 19.6. The molecule has 27 heavy (non-hydrogen) atoms. The number of rotatable bonds is 9. The lowest BCUT2D eigenvalue weighted by Gasteiger charge is -2.22. The second kappa shape index (κ2) is 10.2. The van der Waals surface area contributed by atoms with Gasteiger partial charge in [-0.3, -0.25) is 9.59 Å². The van der Waals surface area contributed by atoms with E-state index in [0.29, 0.717) is 19.7 Å². The molecule has 0 aliphatic rings. The molecule has 0 atom stereocenters. The van der Waals surface area contributed by atoms with E-state index in [1.165, 1.54) is 6.92 Å². The van der Waals surface area contributed by atoms with E-state index in [1.54, 1.807) is 4.90 Å². The van der Waals surface area contributed by atoms with E-state index in [4.69, 9.17) is 4.74 Å². The van der Waals surface area contributed by atoms with Crippen molar-refractivity contribution in [1.29, 1.82) is 0 Å². The van der Waals surface area contributed by atoms with Crippen molar-refractivity contribution in [1.82, 2.24) is 5.32 Å². The Morgan fingerprint density at radius 2 is 1.59 bits per heavy atom. The first kappa shape index (κ1) is 20.3. The molecule has 0 spiro atoms. The molecule has 6 heteroatoms. The average molecular weight is 369 g/mol. The molecule has 0 saturated heterocycles. The van der Waals surface area contributed by atoms with Gasteiger partial charge in [-0.1, -0.05) is 18.2 Å². The molecular formula is C21H27N3O3. The summed E-state index contributed by atoms with van der Waals surface area (Å²) in [5.41, 5.74) is 1.88. The summed E-state index contributed by atoms with van der Waals surface area (Å²) < 4.78 is 5.51. The Morgan fingerprint density at radius 1 is 0.963 bits per heavy atom. The van der Waals surface area contributed by atoms with Gasteiger partial charge in [0.15, 0.2) is 0 Å². The number of carbonyl (C=O) groups is 2. The molecule has 2 amide bonds. The fraction of sp³-hybridized carbons (Fsp3) is 0.333. The standard InChI is InChI=1S/C21H27N3O3/c1-17(25)24(19-11-9-18(10-12-19)23(2)3)15-14-22-21(26)13-16-27-20-7-5-4-6-8-20/h4-12H,13-16H2,1-3H3,(H,22,26). The maximum Gasteiger partial charge on any atom is 0.223 e. The van der Waals surface area contributed by atoms with E-state index in [1.807, 2.05) is 73.6 Å². The van der Waals surface area contributed by atoms with Crippen LogP contribution < -0.4 is 19.9 Å².